The Morgan fingerprint density at radius 2 is 1.71 bits per heavy atom. The number of aromatic hydroxyl groups is 1. The molecular weight excluding hydrogens is 268 g/mol. The molecular formula is C16H16N2O3. The third kappa shape index (κ3) is 2.67. The van der Waals surface area contributed by atoms with Crippen molar-refractivity contribution >= 4 is 22.6 Å². The second-order valence-electron chi connectivity index (χ2n) is 5.29. The summed E-state index contributed by atoms with van der Waals surface area (Å²) in [7, 11) is 0. The van der Waals surface area contributed by atoms with Crippen LogP contribution in [0.1, 0.15) is 29.6 Å². The first-order valence-electron chi connectivity index (χ1n) is 6.97. The van der Waals surface area contributed by atoms with E-state index in [2.05, 4.69) is 10.9 Å². The van der Waals surface area contributed by atoms with Crippen molar-refractivity contribution in [2.45, 2.75) is 19.3 Å². The van der Waals surface area contributed by atoms with Gasteiger partial charge in [-0.3, -0.25) is 20.4 Å². The van der Waals surface area contributed by atoms with Gasteiger partial charge in [0.2, 0.25) is 5.91 Å². The molecule has 1 aliphatic carbocycles. The number of rotatable bonds is 2. The second kappa shape index (κ2) is 5.44. The average molecular weight is 284 g/mol. The fourth-order valence-electron chi connectivity index (χ4n) is 2.37. The number of hydrogen-bond acceptors (Lipinski definition) is 3. The number of hydrogen-bond donors (Lipinski definition) is 3. The van der Waals surface area contributed by atoms with Crippen molar-refractivity contribution in [2.24, 2.45) is 5.92 Å². The topological polar surface area (TPSA) is 78.4 Å². The molecule has 3 N–H and O–H groups in total. The molecule has 1 fully saturated rings. The summed E-state index contributed by atoms with van der Waals surface area (Å²) >= 11 is 0. The Labute approximate surface area is 121 Å². The van der Waals surface area contributed by atoms with E-state index in [1.54, 1.807) is 6.07 Å². The van der Waals surface area contributed by atoms with Gasteiger partial charge in [-0.15, -0.1) is 0 Å². The molecule has 1 saturated carbocycles. The lowest BCUT2D eigenvalue weighted by molar-refractivity contribution is -0.128. The van der Waals surface area contributed by atoms with Crippen molar-refractivity contribution in [2.75, 3.05) is 0 Å². The standard InChI is InChI=1S/C16H16N2O3/c19-14-9-12-5-2-1-4-11(12)8-13(14)16(21)18-17-15(20)10-6-3-7-10/h1-2,4-5,8-10,19H,3,6-7H2,(H,17,20)(H,18,21). The Kier molecular flexibility index (Phi) is 3.48. The fraction of sp³-hybridized carbons (Fsp3) is 0.250. The lowest BCUT2D eigenvalue weighted by atomic mass is 9.85. The van der Waals surface area contributed by atoms with Crippen LogP contribution in [0.4, 0.5) is 0 Å². The molecule has 5 nitrogen and oxygen atoms in total. The molecule has 108 valence electrons. The van der Waals surface area contributed by atoms with Gasteiger partial charge in [0.25, 0.3) is 5.91 Å². The summed E-state index contributed by atoms with van der Waals surface area (Å²) in [6.45, 7) is 0. The highest BCUT2D eigenvalue weighted by molar-refractivity contribution is 6.02. The number of phenolic OH excluding ortho intramolecular Hbond substituents is 1. The van der Waals surface area contributed by atoms with Crippen LogP contribution < -0.4 is 10.9 Å². The van der Waals surface area contributed by atoms with Crippen molar-refractivity contribution in [1.82, 2.24) is 10.9 Å². The Morgan fingerprint density at radius 3 is 2.33 bits per heavy atom. The Bertz CT molecular complexity index is 708. The highest BCUT2D eigenvalue weighted by atomic mass is 16.3. The van der Waals surface area contributed by atoms with E-state index in [9.17, 15) is 14.7 Å². The second-order valence-corrected chi connectivity index (χ2v) is 5.29. The van der Waals surface area contributed by atoms with E-state index in [4.69, 9.17) is 0 Å². The number of amides is 2. The molecule has 0 saturated heterocycles. The van der Waals surface area contributed by atoms with Crippen molar-refractivity contribution in [3.05, 3.63) is 42.0 Å². The van der Waals surface area contributed by atoms with Gasteiger partial charge in [0.15, 0.2) is 0 Å². The number of nitrogens with one attached hydrogen (secondary N) is 2. The lowest BCUT2D eigenvalue weighted by Gasteiger charge is -2.24. The first-order chi connectivity index (χ1) is 10.1. The van der Waals surface area contributed by atoms with Gasteiger partial charge in [-0.1, -0.05) is 30.7 Å². The van der Waals surface area contributed by atoms with Crippen LogP contribution in [0.15, 0.2) is 36.4 Å². The number of carbonyl (C=O) groups excluding carboxylic acids is 2. The summed E-state index contributed by atoms with van der Waals surface area (Å²) in [4.78, 5) is 23.7. The molecule has 0 aliphatic heterocycles. The zero-order chi connectivity index (χ0) is 14.8. The quantitative estimate of drug-likeness (QED) is 0.739. The number of fused-ring (bicyclic) bond motifs is 1. The van der Waals surface area contributed by atoms with E-state index >= 15 is 0 Å². The fourth-order valence-corrected chi connectivity index (χ4v) is 2.37. The van der Waals surface area contributed by atoms with Gasteiger partial charge < -0.3 is 5.11 Å². The first-order valence-corrected chi connectivity index (χ1v) is 6.97. The molecule has 0 heterocycles. The number of carbonyl (C=O) groups is 2. The Hall–Kier alpha value is -2.56. The number of hydrazine groups is 1. The van der Waals surface area contributed by atoms with Crippen molar-refractivity contribution in [1.29, 1.82) is 0 Å². The maximum atomic E-state index is 12.1. The molecule has 0 unspecified atom stereocenters. The first kappa shape index (κ1) is 13.4. The summed E-state index contributed by atoms with van der Waals surface area (Å²) in [5, 5.41) is 11.6. The minimum Gasteiger partial charge on any atom is -0.507 e. The van der Waals surface area contributed by atoms with E-state index in [0.29, 0.717) is 0 Å². The molecule has 0 atom stereocenters. The molecule has 2 amide bonds. The summed E-state index contributed by atoms with van der Waals surface area (Å²) in [6.07, 6.45) is 2.78. The monoisotopic (exact) mass is 284 g/mol. The summed E-state index contributed by atoms with van der Waals surface area (Å²) in [5.41, 5.74) is 4.90. The summed E-state index contributed by atoms with van der Waals surface area (Å²) in [6, 6.07) is 10.6. The van der Waals surface area contributed by atoms with Gasteiger partial charge in [-0.25, -0.2) is 0 Å². The smallest absolute Gasteiger partial charge is 0.273 e. The molecule has 0 spiro atoms. The van der Waals surface area contributed by atoms with Crippen LogP contribution in [0.25, 0.3) is 10.8 Å². The normalized spacial score (nSPS) is 14.5. The van der Waals surface area contributed by atoms with Crippen molar-refractivity contribution in [3.8, 4) is 5.75 Å². The third-order valence-electron chi connectivity index (χ3n) is 3.88. The molecule has 2 aromatic carbocycles. The Balaban J connectivity index is 1.74. The highest BCUT2D eigenvalue weighted by Gasteiger charge is 2.25. The molecule has 0 aromatic heterocycles. The summed E-state index contributed by atoms with van der Waals surface area (Å²) < 4.78 is 0. The van der Waals surface area contributed by atoms with E-state index in [1.165, 1.54) is 6.07 Å². The third-order valence-corrected chi connectivity index (χ3v) is 3.88. The minimum atomic E-state index is -0.522. The van der Waals surface area contributed by atoms with Gasteiger partial charge in [-0.2, -0.15) is 0 Å². The SMILES string of the molecule is O=C(NNC(=O)C1CCC1)c1cc2ccccc2cc1O. The van der Waals surface area contributed by atoms with Crippen LogP contribution in [0.5, 0.6) is 5.75 Å². The molecule has 0 radical (unpaired) electrons. The number of benzene rings is 2. The highest BCUT2D eigenvalue weighted by Crippen LogP contribution is 2.26. The molecule has 3 rings (SSSR count). The lowest BCUT2D eigenvalue weighted by Crippen LogP contribution is -2.46. The van der Waals surface area contributed by atoms with Crippen LogP contribution in [-0.4, -0.2) is 16.9 Å². The van der Waals surface area contributed by atoms with E-state index < -0.39 is 5.91 Å². The minimum absolute atomic E-state index is 0.00417. The van der Waals surface area contributed by atoms with Gasteiger partial charge in [0, 0.05) is 5.92 Å². The predicted octanol–water partition coefficient (Wildman–Crippen LogP) is 2.11. The average Bonchev–Trinajstić information content (AvgIpc) is 2.42. The maximum Gasteiger partial charge on any atom is 0.273 e. The molecule has 1 aliphatic rings. The summed E-state index contributed by atoms with van der Waals surface area (Å²) in [5.74, 6) is -0.805. The van der Waals surface area contributed by atoms with E-state index in [0.717, 1.165) is 30.0 Å². The zero-order valence-corrected chi connectivity index (χ0v) is 11.4. The van der Waals surface area contributed by atoms with Gasteiger partial charge in [0.05, 0.1) is 5.56 Å². The van der Waals surface area contributed by atoms with E-state index in [1.807, 2.05) is 24.3 Å². The Morgan fingerprint density at radius 1 is 1.05 bits per heavy atom. The van der Waals surface area contributed by atoms with E-state index in [-0.39, 0.29) is 23.1 Å². The maximum absolute atomic E-state index is 12.1. The predicted molar refractivity (Wildman–Crippen MR) is 78.6 cm³/mol. The van der Waals surface area contributed by atoms with Gasteiger partial charge in [-0.05, 0) is 35.7 Å². The van der Waals surface area contributed by atoms with Gasteiger partial charge in [0.1, 0.15) is 5.75 Å². The van der Waals surface area contributed by atoms with Crippen molar-refractivity contribution < 1.29 is 14.7 Å². The van der Waals surface area contributed by atoms with Crippen LogP contribution >= 0.6 is 0 Å². The van der Waals surface area contributed by atoms with Crippen LogP contribution in [0.3, 0.4) is 0 Å². The zero-order valence-electron chi connectivity index (χ0n) is 11.4. The molecule has 2 aromatic rings. The van der Waals surface area contributed by atoms with Crippen LogP contribution in [0, 0.1) is 5.92 Å². The largest absolute Gasteiger partial charge is 0.507 e. The molecule has 5 heteroatoms. The van der Waals surface area contributed by atoms with Gasteiger partial charge >= 0.3 is 0 Å². The van der Waals surface area contributed by atoms with Crippen LogP contribution in [-0.2, 0) is 4.79 Å². The number of phenols is 1. The van der Waals surface area contributed by atoms with Crippen LogP contribution in [0.2, 0.25) is 0 Å². The van der Waals surface area contributed by atoms with Crippen molar-refractivity contribution in [3.63, 3.8) is 0 Å². The molecule has 0 bridgehead atoms. The molecule has 21 heavy (non-hydrogen) atoms.